The molecule has 1 aliphatic rings. The van der Waals surface area contributed by atoms with Gasteiger partial charge in [-0.2, -0.15) is 0 Å². The van der Waals surface area contributed by atoms with E-state index in [0.29, 0.717) is 11.3 Å². The second-order valence-corrected chi connectivity index (χ2v) is 6.97. The molecule has 3 rings (SSSR count). The van der Waals surface area contributed by atoms with Gasteiger partial charge in [-0.25, -0.2) is 22.6 Å². The van der Waals surface area contributed by atoms with Crippen molar-refractivity contribution >= 4 is 5.91 Å². The van der Waals surface area contributed by atoms with Crippen molar-refractivity contribution in [3.63, 3.8) is 0 Å². The first-order valence-corrected chi connectivity index (χ1v) is 9.03. The van der Waals surface area contributed by atoms with Gasteiger partial charge in [0.15, 0.2) is 0 Å². The van der Waals surface area contributed by atoms with Crippen LogP contribution < -0.4 is 10.2 Å². The maximum Gasteiger partial charge on any atom is 0.291 e. The topological polar surface area (TPSA) is 61.8 Å². The van der Waals surface area contributed by atoms with Gasteiger partial charge in [-0.3, -0.25) is 10.2 Å². The minimum Gasteiger partial charge on any atom is -0.489 e. The molecule has 0 fully saturated rings. The number of hydrazine groups is 1. The molecular formula is C21H20F4N2O3. The van der Waals surface area contributed by atoms with Crippen LogP contribution in [0, 0.1) is 13.8 Å². The number of hydrogen-bond donors (Lipinski definition) is 2. The molecule has 0 saturated carbocycles. The SMILES string of the molecule is Cc1ccc(OCc2ccc(C(=O)N3NC(C(F)F)=CC3(O)C(F)F)cc2)cc1C. The van der Waals surface area contributed by atoms with E-state index >= 15 is 0 Å². The van der Waals surface area contributed by atoms with Crippen LogP contribution in [-0.2, 0) is 6.61 Å². The number of carbonyl (C=O) groups is 1. The Hall–Kier alpha value is -3.07. The summed E-state index contributed by atoms with van der Waals surface area (Å²) in [5, 5.41) is 10.2. The first-order valence-electron chi connectivity index (χ1n) is 9.03. The Kier molecular flexibility index (Phi) is 6.02. The minimum absolute atomic E-state index is 0.0691. The molecule has 1 aliphatic heterocycles. The molecule has 30 heavy (non-hydrogen) atoms. The molecule has 160 valence electrons. The number of ether oxygens (including phenoxy) is 1. The van der Waals surface area contributed by atoms with Crippen molar-refractivity contribution < 1.29 is 32.2 Å². The van der Waals surface area contributed by atoms with Crippen LogP contribution in [0.3, 0.4) is 0 Å². The second kappa shape index (κ2) is 8.35. The van der Waals surface area contributed by atoms with Crippen LogP contribution in [-0.4, -0.2) is 34.6 Å². The van der Waals surface area contributed by atoms with Crippen molar-refractivity contribution in [2.75, 3.05) is 0 Å². The highest BCUT2D eigenvalue weighted by molar-refractivity contribution is 5.95. The van der Waals surface area contributed by atoms with Crippen molar-refractivity contribution in [2.24, 2.45) is 0 Å². The Labute approximate surface area is 170 Å². The average molecular weight is 424 g/mol. The fourth-order valence-electron chi connectivity index (χ4n) is 2.87. The molecule has 0 bridgehead atoms. The molecular weight excluding hydrogens is 404 g/mol. The van der Waals surface area contributed by atoms with Crippen molar-refractivity contribution in [1.29, 1.82) is 0 Å². The van der Waals surface area contributed by atoms with Gasteiger partial charge in [-0.1, -0.05) is 18.2 Å². The fraction of sp³-hybridized carbons (Fsp3) is 0.286. The molecule has 1 heterocycles. The summed E-state index contributed by atoms with van der Waals surface area (Å²) in [6, 6.07) is 11.4. The third kappa shape index (κ3) is 4.25. The molecule has 2 aromatic carbocycles. The second-order valence-electron chi connectivity index (χ2n) is 6.97. The third-order valence-corrected chi connectivity index (χ3v) is 4.81. The van der Waals surface area contributed by atoms with E-state index in [4.69, 9.17) is 4.74 Å². The smallest absolute Gasteiger partial charge is 0.291 e. The minimum atomic E-state index is -3.49. The van der Waals surface area contributed by atoms with Crippen LogP contribution in [0.2, 0.25) is 0 Å². The number of aryl methyl sites for hydroxylation is 2. The molecule has 0 aliphatic carbocycles. The first kappa shape index (κ1) is 21.6. The van der Waals surface area contributed by atoms with Crippen molar-refractivity contribution in [1.82, 2.24) is 10.4 Å². The summed E-state index contributed by atoms with van der Waals surface area (Å²) in [7, 11) is 0. The summed E-state index contributed by atoms with van der Waals surface area (Å²) < 4.78 is 58.0. The number of nitrogens with zero attached hydrogens (tertiary/aromatic N) is 1. The van der Waals surface area contributed by atoms with Crippen LogP contribution in [0.1, 0.15) is 27.0 Å². The van der Waals surface area contributed by atoms with Gasteiger partial charge in [0.1, 0.15) is 12.4 Å². The molecule has 0 saturated heterocycles. The van der Waals surface area contributed by atoms with Crippen LogP contribution in [0.4, 0.5) is 17.6 Å². The third-order valence-electron chi connectivity index (χ3n) is 4.81. The van der Waals surface area contributed by atoms with Crippen LogP contribution in [0.15, 0.2) is 54.2 Å². The van der Waals surface area contributed by atoms with E-state index in [9.17, 15) is 27.5 Å². The lowest BCUT2D eigenvalue weighted by Gasteiger charge is -2.31. The number of amides is 1. The van der Waals surface area contributed by atoms with Gasteiger partial charge >= 0.3 is 0 Å². The summed E-state index contributed by atoms with van der Waals surface area (Å²) >= 11 is 0. The van der Waals surface area contributed by atoms with Gasteiger partial charge in [-0.05, 0) is 54.8 Å². The van der Waals surface area contributed by atoms with Crippen LogP contribution in [0.25, 0.3) is 0 Å². The lowest BCUT2D eigenvalue weighted by molar-refractivity contribution is -0.146. The summed E-state index contributed by atoms with van der Waals surface area (Å²) in [6.07, 6.45) is -6.39. The predicted octanol–water partition coefficient (Wildman–Crippen LogP) is 3.95. The van der Waals surface area contributed by atoms with Crippen molar-refractivity contribution in [2.45, 2.75) is 39.0 Å². The zero-order valence-electron chi connectivity index (χ0n) is 16.2. The lowest BCUT2D eigenvalue weighted by atomic mass is 10.1. The monoisotopic (exact) mass is 424 g/mol. The molecule has 2 aromatic rings. The van der Waals surface area contributed by atoms with Gasteiger partial charge < -0.3 is 9.84 Å². The molecule has 0 radical (unpaired) electrons. The number of benzene rings is 2. The van der Waals surface area contributed by atoms with Gasteiger partial charge in [-0.15, -0.1) is 0 Å². The number of aliphatic hydroxyl groups is 1. The Morgan fingerprint density at radius 2 is 1.77 bits per heavy atom. The summed E-state index contributed by atoms with van der Waals surface area (Å²) in [6.45, 7) is 4.15. The lowest BCUT2D eigenvalue weighted by Crippen LogP contribution is -2.56. The van der Waals surface area contributed by atoms with E-state index in [1.807, 2.05) is 37.5 Å². The van der Waals surface area contributed by atoms with Gasteiger partial charge in [0.2, 0.25) is 5.72 Å². The maximum atomic E-state index is 13.3. The predicted molar refractivity (Wildman–Crippen MR) is 101 cm³/mol. The molecule has 0 aromatic heterocycles. The number of halogens is 4. The number of rotatable bonds is 6. The number of hydrogen-bond acceptors (Lipinski definition) is 4. The highest BCUT2D eigenvalue weighted by Gasteiger charge is 2.51. The normalized spacial score (nSPS) is 18.6. The molecule has 0 spiro atoms. The maximum absolute atomic E-state index is 13.3. The number of alkyl halides is 4. The van der Waals surface area contributed by atoms with Crippen LogP contribution >= 0.6 is 0 Å². The van der Waals surface area contributed by atoms with Gasteiger partial charge in [0, 0.05) is 11.6 Å². The highest BCUT2D eigenvalue weighted by atomic mass is 19.3. The zero-order valence-corrected chi connectivity index (χ0v) is 16.2. The number of carbonyl (C=O) groups excluding carboxylic acids is 1. The van der Waals surface area contributed by atoms with E-state index in [0.717, 1.165) is 11.1 Å². The van der Waals surface area contributed by atoms with E-state index in [1.165, 1.54) is 12.1 Å². The Balaban J connectivity index is 1.71. The molecule has 2 N–H and O–H groups in total. The Morgan fingerprint density at radius 3 is 2.33 bits per heavy atom. The quantitative estimate of drug-likeness (QED) is 0.690. The van der Waals surface area contributed by atoms with Gasteiger partial charge in [0.25, 0.3) is 18.8 Å². The van der Waals surface area contributed by atoms with E-state index in [-0.39, 0.29) is 23.3 Å². The van der Waals surface area contributed by atoms with Crippen molar-refractivity contribution in [3.05, 3.63) is 76.5 Å². The first-order chi connectivity index (χ1) is 14.1. The molecule has 5 nitrogen and oxygen atoms in total. The molecule has 9 heteroatoms. The summed E-state index contributed by atoms with van der Waals surface area (Å²) in [5.74, 6) is -0.404. The van der Waals surface area contributed by atoms with E-state index in [1.54, 1.807) is 12.1 Å². The largest absolute Gasteiger partial charge is 0.489 e. The fourth-order valence-corrected chi connectivity index (χ4v) is 2.87. The Bertz CT molecular complexity index is 963. The number of nitrogens with one attached hydrogen (secondary N) is 1. The average Bonchev–Trinajstić information content (AvgIpc) is 3.08. The number of allylic oxidation sites excluding steroid dienone is 1. The Morgan fingerprint density at radius 1 is 1.10 bits per heavy atom. The summed E-state index contributed by atoms with van der Waals surface area (Å²) in [5.41, 5.74) is 0.577. The highest BCUT2D eigenvalue weighted by Crippen LogP contribution is 2.31. The molecule has 1 unspecified atom stereocenters. The standard InChI is InChI=1S/C21H20F4N2O3/c1-12-3-8-16(9-13(12)2)30-11-14-4-6-15(7-5-14)19(28)27-21(29,20(24)25)10-17(26-27)18(22)23/h3-10,18,20,26,29H,11H2,1-2H3. The van der Waals surface area contributed by atoms with E-state index < -0.39 is 30.2 Å². The van der Waals surface area contributed by atoms with E-state index in [2.05, 4.69) is 0 Å². The zero-order chi connectivity index (χ0) is 22.1. The van der Waals surface area contributed by atoms with Crippen LogP contribution in [0.5, 0.6) is 5.75 Å². The molecule has 1 amide bonds. The summed E-state index contributed by atoms with van der Waals surface area (Å²) in [4.78, 5) is 12.6. The van der Waals surface area contributed by atoms with Crippen molar-refractivity contribution in [3.8, 4) is 5.75 Å². The van der Waals surface area contributed by atoms with Gasteiger partial charge in [0.05, 0.1) is 5.70 Å². The molecule has 1 atom stereocenters.